The maximum atomic E-state index is 12.5. The number of carbonyl (C=O) groups excluding carboxylic acids is 1. The summed E-state index contributed by atoms with van der Waals surface area (Å²) in [6.45, 7) is 0. The molecule has 21 heavy (non-hydrogen) atoms. The molecule has 0 bridgehead atoms. The topological polar surface area (TPSA) is 47.3 Å². The fourth-order valence-corrected chi connectivity index (χ4v) is 2.01. The molecular formula is C17H17N3O. The fourth-order valence-electron chi connectivity index (χ4n) is 2.01. The molecule has 0 fully saturated rings. The average Bonchev–Trinajstić information content (AvgIpc) is 2.53. The lowest BCUT2D eigenvalue weighted by molar-refractivity contribution is 0.0993. The van der Waals surface area contributed by atoms with Crippen LogP contribution in [0.5, 0.6) is 0 Å². The molecule has 4 heteroatoms. The van der Waals surface area contributed by atoms with E-state index in [0.717, 1.165) is 5.69 Å². The second-order valence-corrected chi connectivity index (χ2v) is 4.97. The lowest BCUT2D eigenvalue weighted by Crippen LogP contribution is -2.26. The molecule has 0 unspecified atom stereocenters. The molecule has 2 rings (SSSR count). The van der Waals surface area contributed by atoms with E-state index in [0.29, 0.717) is 16.8 Å². The van der Waals surface area contributed by atoms with Crippen molar-refractivity contribution in [3.05, 3.63) is 59.7 Å². The highest BCUT2D eigenvalue weighted by atomic mass is 16.2. The summed E-state index contributed by atoms with van der Waals surface area (Å²) in [5.74, 6) is -0.103. The molecule has 106 valence electrons. The zero-order chi connectivity index (χ0) is 15.4. The third-order valence-electron chi connectivity index (χ3n) is 3.28. The van der Waals surface area contributed by atoms with Crippen LogP contribution in [0, 0.1) is 11.3 Å². The predicted octanol–water partition coefficient (Wildman–Crippen LogP) is 2.90. The summed E-state index contributed by atoms with van der Waals surface area (Å²) < 4.78 is 0. The maximum Gasteiger partial charge on any atom is 0.258 e. The van der Waals surface area contributed by atoms with Crippen LogP contribution in [-0.2, 0) is 0 Å². The van der Waals surface area contributed by atoms with Gasteiger partial charge in [0.1, 0.15) is 0 Å². The van der Waals surface area contributed by atoms with Crippen molar-refractivity contribution in [2.75, 3.05) is 30.9 Å². The lowest BCUT2D eigenvalue weighted by atomic mass is 10.1. The first-order chi connectivity index (χ1) is 10.0. The van der Waals surface area contributed by atoms with Gasteiger partial charge in [0.25, 0.3) is 5.91 Å². The van der Waals surface area contributed by atoms with E-state index in [1.807, 2.05) is 43.3 Å². The number of rotatable bonds is 3. The lowest BCUT2D eigenvalue weighted by Gasteiger charge is -2.19. The number of carbonyl (C=O) groups is 1. The summed E-state index contributed by atoms with van der Waals surface area (Å²) in [5, 5.41) is 8.94. The normalized spacial score (nSPS) is 9.81. The van der Waals surface area contributed by atoms with Crippen LogP contribution in [0.25, 0.3) is 0 Å². The minimum absolute atomic E-state index is 0.103. The summed E-state index contributed by atoms with van der Waals surface area (Å²) in [6, 6.07) is 16.5. The monoisotopic (exact) mass is 279 g/mol. The Labute approximate surface area is 124 Å². The quantitative estimate of drug-likeness (QED) is 0.868. The SMILES string of the molecule is CN(C)c1cccc(C(=O)N(C)c2cccc(C#N)c2)c1. The van der Waals surface area contributed by atoms with E-state index in [1.165, 1.54) is 0 Å². The van der Waals surface area contributed by atoms with Crippen molar-refractivity contribution < 1.29 is 4.79 Å². The van der Waals surface area contributed by atoms with Crippen molar-refractivity contribution in [2.24, 2.45) is 0 Å². The van der Waals surface area contributed by atoms with Crippen LogP contribution in [-0.4, -0.2) is 27.1 Å². The molecule has 0 aliphatic carbocycles. The fraction of sp³-hybridized carbons (Fsp3) is 0.176. The van der Waals surface area contributed by atoms with Gasteiger partial charge in [-0.05, 0) is 36.4 Å². The summed E-state index contributed by atoms with van der Waals surface area (Å²) in [6.07, 6.45) is 0. The molecule has 0 aromatic heterocycles. The highest BCUT2D eigenvalue weighted by Crippen LogP contribution is 2.19. The third kappa shape index (κ3) is 3.21. The van der Waals surface area contributed by atoms with Gasteiger partial charge in [0.15, 0.2) is 0 Å². The van der Waals surface area contributed by atoms with Crippen LogP contribution < -0.4 is 9.80 Å². The largest absolute Gasteiger partial charge is 0.378 e. The molecule has 0 atom stereocenters. The highest BCUT2D eigenvalue weighted by molar-refractivity contribution is 6.06. The van der Waals surface area contributed by atoms with Gasteiger partial charge in [-0.1, -0.05) is 12.1 Å². The predicted molar refractivity (Wildman–Crippen MR) is 84.7 cm³/mol. The third-order valence-corrected chi connectivity index (χ3v) is 3.28. The first kappa shape index (κ1) is 14.6. The van der Waals surface area contributed by atoms with Crippen LogP contribution >= 0.6 is 0 Å². The van der Waals surface area contributed by atoms with Crippen molar-refractivity contribution in [1.29, 1.82) is 5.26 Å². The van der Waals surface area contributed by atoms with E-state index >= 15 is 0 Å². The van der Waals surface area contributed by atoms with Gasteiger partial charge in [0.05, 0.1) is 11.6 Å². The Hall–Kier alpha value is -2.80. The van der Waals surface area contributed by atoms with Gasteiger partial charge in [0, 0.05) is 38.1 Å². The summed E-state index contributed by atoms with van der Waals surface area (Å²) >= 11 is 0. The minimum Gasteiger partial charge on any atom is -0.378 e. The van der Waals surface area contributed by atoms with Gasteiger partial charge in [-0.25, -0.2) is 0 Å². The van der Waals surface area contributed by atoms with E-state index in [2.05, 4.69) is 6.07 Å². The molecule has 1 amide bonds. The molecule has 0 aliphatic rings. The number of nitriles is 1. The number of hydrogen-bond acceptors (Lipinski definition) is 3. The average molecular weight is 279 g/mol. The summed E-state index contributed by atoms with van der Waals surface area (Å²) in [4.78, 5) is 16.0. The van der Waals surface area contributed by atoms with Gasteiger partial charge in [-0.15, -0.1) is 0 Å². The molecular weight excluding hydrogens is 262 g/mol. The molecule has 4 nitrogen and oxygen atoms in total. The zero-order valence-corrected chi connectivity index (χ0v) is 12.4. The zero-order valence-electron chi connectivity index (χ0n) is 12.4. The van der Waals surface area contributed by atoms with Crippen molar-refractivity contribution in [2.45, 2.75) is 0 Å². The van der Waals surface area contributed by atoms with Gasteiger partial charge in [-0.2, -0.15) is 5.26 Å². The number of hydrogen-bond donors (Lipinski definition) is 0. The van der Waals surface area contributed by atoms with Crippen molar-refractivity contribution in [3.8, 4) is 6.07 Å². The van der Waals surface area contributed by atoms with Gasteiger partial charge >= 0.3 is 0 Å². The Morgan fingerprint density at radius 2 is 1.67 bits per heavy atom. The highest BCUT2D eigenvalue weighted by Gasteiger charge is 2.14. The number of nitrogens with zero attached hydrogens (tertiary/aromatic N) is 3. The summed E-state index contributed by atoms with van der Waals surface area (Å²) in [5.41, 5.74) is 2.83. The Morgan fingerprint density at radius 3 is 2.33 bits per heavy atom. The van der Waals surface area contributed by atoms with Gasteiger partial charge in [-0.3, -0.25) is 4.79 Å². The molecule has 0 N–H and O–H groups in total. The van der Waals surface area contributed by atoms with E-state index in [9.17, 15) is 4.79 Å². The van der Waals surface area contributed by atoms with E-state index in [1.54, 1.807) is 36.2 Å². The first-order valence-corrected chi connectivity index (χ1v) is 6.58. The van der Waals surface area contributed by atoms with E-state index in [-0.39, 0.29) is 5.91 Å². The second-order valence-electron chi connectivity index (χ2n) is 4.97. The van der Waals surface area contributed by atoms with Crippen LogP contribution in [0.4, 0.5) is 11.4 Å². The van der Waals surface area contributed by atoms with Gasteiger partial charge < -0.3 is 9.80 Å². The number of amides is 1. The van der Waals surface area contributed by atoms with Crippen LogP contribution in [0.15, 0.2) is 48.5 Å². The maximum absolute atomic E-state index is 12.5. The molecule has 0 radical (unpaired) electrons. The smallest absolute Gasteiger partial charge is 0.258 e. The number of anilines is 2. The first-order valence-electron chi connectivity index (χ1n) is 6.58. The molecule has 0 saturated heterocycles. The molecule has 0 aliphatic heterocycles. The Bertz CT molecular complexity index is 701. The molecule has 0 heterocycles. The minimum atomic E-state index is -0.103. The van der Waals surface area contributed by atoms with Crippen LogP contribution in [0.3, 0.4) is 0 Å². The van der Waals surface area contributed by atoms with Crippen LogP contribution in [0.1, 0.15) is 15.9 Å². The Morgan fingerprint density at radius 1 is 1.00 bits per heavy atom. The summed E-state index contributed by atoms with van der Waals surface area (Å²) in [7, 11) is 5.58. The molecule has 2 aromatic carbocycles. The Kier molecular flexibility index (Phi) is 4.24. The van der Waals surface area contributed by atoms with E-state index < -0.39 is 0 Å². The molecule has 0 spiro atoms. The number of benzene rings is 2. The standard InChI is InChI=1S/C17H17N3O/c1-19(2)15-8-5-7-14(11-15)17(21)20(3)16-9-4-6-13(10-16)12-18/h4-11H,1-3H3. The van der Waals surface area contributed by atoms with Crippen LogP contribution in [0.2, 0.25) is 0 Å². The Balaban J connectivity index is 2.31. The van der Waals surface area contributed by atoms with Gasteiger partial charge in [0.2, 0.25) is 0 Å². The molecule has 2 aromatic rings. The second kappa shape index (κ2) is 6.10. The van der Waals surface area contributed by atoms with Crippen molar-refractivity contribution in [1.82, 2.24) is 0 Å². The van der Waals surface area contributed by atoms with Crippen molar-refractivity contribution >= 4 is 17.3 Å². The van der Waals surface area contributed by atoms with E-state index in [4.69, 9.17) is 5.26 Å². The molecule has 0 saturated carbocycles. The van der Waals surface area contributed by atoms with Crippen molar-refractivity contribution in [3.63, 3.8) is 0 Å².